The Balaban J connectivity index is 1.84. The summed E-state index contributed by atoms with van der Waals surface area (Å²) in [6.07, 6.45) is 0. The summed E-state index contributed by atoms with van der Waals surface area (Å²) in [4.78, 5) is 8.55. The Bertz CT molecular complexity index is 869. The standard InChI is InChI=1S/C16H12ClN3O2/c17-16-19-11-4-2-1-3-10(11)15(20-16)14(18)9-5-6-12-13(7-9)22-8-21-12/h1-7,14H,8,18H2. The molecule has 1 aliphatic rings. The second-order valence-corrected chi connectivity index (χ2v) is 5.32. The van der Waals surface area contributed by atoms with Crippen LogP contribution in [0.3, 0.4) is 0 Å². The Hall–Kier alpha value is -2.37. The van der Waals surface area contributed by atoms with Gasteiger partial charge in [0.15, 0.2) is 11.5 Å². The van der Waals surface area contributed by atoms with Crippen molar-refractivity contribution >= 4 is 22.5 Å². The fraction of sp³-hybridized carbons (Fsp3) is 0.125. The molecule has 0 fully saturated rings. The molecule has 1 aliphatic heterocycles. The van der Waals surface area contributed by atoms with E-state index < -0.39 is 6.04 Å². The van der Waals surface area contributed by atoms with Crippen molar-refractivity contribution in [3.63, 3.8) is 0 Å². The maximum Gasteiger partial charge on any atom is 0.231 e. The van der Waals surface area contributed by atoms with Crippen LogP contribution in [0.5, 0.6) is 11.5 Å². The van der Waals surface area contributed by atoms with E-state index in [1.807, 2.05) is 42.5 Å². The average Bonchev–Trinajstić information content (AvgIpc) is 3.00. The van der Waals surface area contributed by atoms with Crippen molar-refractivity contribution in [3.8, 4) is 11.5 Å². The second kappa shape index (κ2) is 5.12. The van der Waals surface area contributed by atoms with E-state index in [1.165, 1.54) is 0 Å². The molecule has 2 aromatic carbocycles. The zero-order chi connectivity index (χ0) is 15.1. The molecule has 0 spiro atoms. The third-order valence-corrected chi connectivity index (χ3v) is 3.82. The lowest BCUT2D eigenvalue weighted by molar-refractivity contribution is 0.174. The predicted molar refractivity (Wildman–Crippen MR) is 83.1 cm³/mol. The van der Waals surface area contributed by atoms with Crippen molar-refractivity contribution in [1.29, 1.82) is 0 Å². The number of hydrogen-bond acceptors (Lipinski definition) is 5. The molecule has 0 saturated heterocycles. The highest BCUT2D eigenvalue weighted by Gasteiger charge is 2.20. The molecule has 0 saturated carbocycles. The molecule has 0 aliphatic carbocycles. The average molecular weight is 314 g/mol. The third-order valence-electron chi connectivity index (χ3n) is 3.66. The normalized spacial score (nSPS) is 14.3. The molecule has 5 nitrogen and oxygen atoms in total. The largest absolute Gasteiger partial charge is 0.454 e. The van der Waals surface area contributed by atoms with Crippen molar-refractivity contribution in [2.75, 3.05) is 6.79 Å². The highest BCUT2D eigenvalue weighted by atomic mass is 35.5. The van der Waals surface area contributed by atoms with E-state index in [0.29, 0.717) is 11.4 Å². The number of aromatic nitrogens is 2. The molecule has 6 heteroatoms. The number of fused-ring (bicyclic) bond motifs is 2. The maximum absolute atomic E-state index is 6.40. The zero-order valence-electron chi connectivity index (χ0n) is 11.5. The lowest BCUT2D eigenvalue weighted by atomic mass is 10.0. The SMILES string of the molecule is NC(c1ccc2c(c1)OCO2)c1nc(Cl)nc2ccccc12. The van der Waals surface area contributed by atoms with Crippen LogP contribution in [0.1, 0.15) is 17.3 Å². The molecule has 0 bridgehead atoms. The first-order chi connectivity index (χ1) is 10.7. The number of nitrogens with two attached hydrogens (primary N) is 1. The van der Waals surface area contributed by atoms with Crippen LogP contribution in [0, 0.1) is 0 Å². The number of para-hydroxylation sites is 1. The quantitative estimate of drug-likeness (QED) is 0.736. The van der Waals surface area contributed by atoms with Gasteiger partial charge in [-0.3, -0.25) is 0 Å². The van der Waals surface area contributed by atoms with E-state index >= 15 is 0 Å². The van der Waals surface area contributed by atoms with Gasteiger partial charge in [0.1, 0.15) is 0 Å². The second-order valence-electron chi connectivity index (χ2n) is 4.99. The summed E-state index contributed by atoms with van der Waals surface area (Å²) in [5, 5.41) is 1.07. The van der Waals surface area contributed by atoms with E-state index in [2.05, 4.69) is 9.97 Å². The predicted octanol–water partition coefficient (Wildman–Crippen LogP) is 3.06. The Labute approximate surface area is 131 Å². The topological polar surface area (TPSA) is 70.3 Å². The van der Waals surface area contributed by atoms with E-state index in [4.69, 9.17) is 26.8 Å². The van der Waals surface area contributed by atoms with Crippen molar-refractivity contribution in [2.45, 2.75) is 6.04 Å². The summed E-state index contributed by atoms with van der Waals surface area (Å²) in [5.41, 5.74) is 8.74. The third kappa shape index (κ3) is 2.15. The van der Waals surface area contributed by atoms with Crippen molar-refractivity contribution in [1.82, 2.24) is 9.97 Å². The van der Waals surface area contributed by atoms with Gasteiger partial charge in [0.2, 0.25) is 12.1 Å². The van der Waals surface area contributed by atoms with Gasteiger partial charge in [-0.2, -0.15) is 0 Å². The van der Waals surface area contributed by atoms with E-state index in [1.54, 1.807) is 0 Å². The van der Waals surface area contributed by atoms with Gasteiger partial charge in [-0.25, -0.2) is 9.97 Å². The lowest BCUT2D eigenvalue weighted by Crippen LogP contribution is -2.14. The molecule has 22 heavy (non-hydrogen) atoms. The Morgan fingerprint density at radius 2 is 1.86 bits per heavy atom. The lowest BCUT2D eigenvalue weighted by Gasteiger charge is -2.14. The molecular weight excluding hydrogens is 302 g/mol. The number of nitrogens with zero attached hydrogens (tertiary/aromatic N) is 2. The summed E-state index contributed by atoms with van der Waals surface area (Å²) in [7, 11) is 0. The molecule has 0 radical (unpaired) electrons. The zero-order valence-corrected chi connectivity index (χ0v) is 12.2. The van der Waals surface area contributed by atoms with Crippen LogP contribution in [-0.4, -0.2) is 16.8 Å². The Morgan fingerprint density at radius 1 is 1.05 bits per heavy atom. The van der Waals surface area contributed by atoms with Gasteiger partial charge >= 0.3 is 0 Å². The molecular formula is C16H12ClN3O2. The minimum absolute atomic E-state index is 0.185. The number of halogens is 1. The van der Waals surface area contributed by atoms with Crippen LogP contribution in [0.4, 0.5) is 0 Å². The Morgan fingerprint density at radius 3 is 2.77 bits per heavy atom. The van der Waals surface area contributed by atoms with Crippen molar-refractivity contribution in [3.05, 3.63) is 59.0 Å². The van der Waals surface area contributed by atoms with Crippen LogP contribution < -0.4 is 15.2 Å². The molecule has 2 heterocycles. The molecule has 2 N–H and O–H groups in total. The first-order valence-electron chi connectivity index (χ1n) is 6.80. The first kappa shape index (κ1) is 13.3. The van der Waals surface area contributed by atoms with Crippen LogP contribution in [0.2, 0.25) is 5.28 Å². The molecule has 1 unspecified atom stereocenters. The van der Waals surface area contributed by atoms with Gasteiger partial charge in [-0.1, -0.05) is 24.3 Å². The number of hydrogen-bond donors (Lipinski definition) is 1. The van der Waals surface area contributed by atoms with Crippen LogP contribution >= 0.6 is 11.6 Å². The highest BCUT2D eigenvalue weighted by Crippen LogP contribution is 2.35. The molecule has 4 rings (SSSR count). The smallest absolute Gasteiger partial charge is 0.231 e. The van der Waals surface area contributed by atoms with Crippen LogP contribution in [0.25, 0.3) is 10.9 Å². The summed E-state index contributed by atoms with van der Waals surface area (Å²) in [6, 6.07) is 12.9. The number of rotatable bonds is 2. The van der Waals surface area contributed by atoms with E-state index in [-0.39, 0.29) is 12.1 Å². The van der Waals surface area contributed by atoms with Gasteiger partial charge in [-0.15, -0.1) is 0 Å². The van der Waals surface area contributed by atoms with Crippen molar-refractivity contribution in [2.24, 2.45) is 5.73 Å². The summed E-state index contributed by atoms with van der Waals surface area (Å²) < 4.78 is 10.7. The van der Waals surface area contributed by atoms with E-state index in [9.17, 15) is 0 Å². The summed E-state index contributed by atoms with van der Waals surface area (Å²) in [6.45, 7) is 0.232. The van der Waals surface area contributed by atoms with E-state index in [0.717, 1.165) is 22.2 Å². The minimum Gasteiger partial charge on any atom is -0.454 e. The Kier molecular flexibility index (Phi) is 3.10. The fourth-order valence-corrected chi connectivity index (χ4v) is 2.76. The minimum atomic E-state index is -0.431. The maximum atomic E-state index is 6.40. The molecule has 1 aromatic heterocycles. The van der Waals surface area contributed by atoms with Gasteiger partial charge in [-0.05, 0) is 35.4 Å². The van der Waals surface area contributed by atoms with Crippen molar-refractivity contribution < 1.29 is 9.47 Å². The molecule has 0 amide bonds. The van der Waals surface area contributed by atoms with Gasteiger partial charge in [0.05, 0.1) is 17.3 Å². The van der Waals surface area contributed by atoms with Crippen LogP contribution in [0.15, 0.2) is 42.5 Å². The molecule has 3 aromatic rings. The van der Waals surface area contributed by atoms with Gasteiger partial charge in [0.25, 0.3) is 0 Å². The fourth-order valence-electron chi connectivity index (χ4n) is 2.57. The summed E-state index contributed by atoms with van der Waals surface area (Å²) >= 11 is 6.03. The molecule has 1 atom stereocenters. The molecule has 110 valence electrons. The van der Waals surface area contributed by atoms with Gasteiger partial charge < -0.3 is 15.2 Å². The van der Waals surface area contributed by atoms with Gasteiger partial charge in [0, 0.05) is 5.39 Å². The summed E-state index contributed by atoms with van der Waals surface area (Å²) in [5.74, 6) is 1.42. The first-order valence-corrected chi connectivity index (χ1v) is 7.17. The number of benzene rings is 2. The van der Waals surface area contributed by atoms with Crippen LogP contribution in [-0.2, 0) is 0 Å². The monoisotopic (exact) mass is 313 g/mol. The highest BCUT2D eigenvalue weighted by molar-refractivity contribution is 6.28. The number of ether oxygens (including phenoxy) is 2.